The van der Waals surface area contributed by atoms with Gasteiger partial charge in [0.05, 0.1) is 17.8 Å². The van der Waals surface area contributed by atoms with Gasteiger partial charge in [0.15, 0.2) is 0 Å². The first kappa shape index (κ1) is 17.0. The van der Waals surface area contributed by atoms with Crippen molar-refractivity contribution in [2.45, 2.75) is 64.3 Å². The Kier molecular flexibility index (Phi) is 5.58. The SMILES string of the molecule is CO[C@@H]1CC[C@@H](N(C)C(=O)CCCn2nc(C)cc2C)[C@H]1O. The molecule has 3 atom stereocenters. The van der Waals surface area contributed by atoms with Crippen molar-refractivity contribution < 1.29 is 14.6 Å². The fraction of sp³-hybridized carbons (Fsp3) is 0.750. The van der Waals surface area contributed by atoms with Gasteiger partial charge in [-0.25, -0.2) is 0 Å². The minimum absolute atomic E-state index is 0.0716. The van der Waals surface area contributed by atoms with Gasteiger partial charge in [-0.05, 0) is 39.2 Å². The number of amides is 1. The molecule has 0 spiro atoms. The molecule has 2 rings (SSSR count). The van der Waals surface area contributed by atoms with Gasteiger partial charge in [0.2, 0.25) is 5.91 Å². The van der Waals surface area contributed by atoms with Crippen LogP contribution in [-0.2, 0) is 16.1 Å². The molecule has 22 heavy (non-hydrogen) atoms. The maximum absolute atomic E-state index is 12.3. The van der Waals surface area contributed by atoms with E-state index in [-0.39, 0.29) is 18.1 Å². The van der Waals surface area contributed by atoms with Crippen molar-refractivity contribution in [3.05, 3.63) is 17.5 Å². The fourth-order valence-corrected chi connectivity index (χ4v) is 3.25. The van der Waals surface area contributed by atoms with Crippen LogP contribution >= 0.6 is 0 Å². The van der Waals surface area contributed by atoms with Crippen LogP contribution < -0.4 is 0 Å². The molecule has 6 nitrogen and oxygen atoms in total. The molecule has 1 aromatic rings. The Morgan fingerprint density at radius 3 is 2.77 bits per heavy atom. The van der Waals surface area contributed by atoms with Crippen molar-refractivity contribution in [1.82, 2.24) is 14.7 Å². The lowest BCUT2D eigenvalue weighted by Gasteiger charge is -2.28. The quantitative estimate of drug-likeness (QED) is 0.859. The monoisotopic (exact) mass is 309 g/mol. The van der Waals surface area contributed by atoms with Crippen molar-refractivity contribution in [3.8, 4) is 0 Å². The standard InChI is InChI=1S/C16H27N3O3/c1-11-10-12(2)19(17-11)9-5-6-15(20)18(3)13-7-8-14(22-4)16(13)21/h10,13-14,16,21H,5-9H2,1-4H3/t13-,14-,16-/m1/s1. The average molecular weight is 309 g/mol. The normalized spacial score (nSPS) is 24.7. The van der Waals surface area contributed by atoms with Crippen LogP contribution in [0.15, 0.2) is 6.07 Å². The van der Waals surface area contributed by atoms with E-state index in [0.29, 0.717) is 6.42 Å². The first-order chi connectivity index (χ1) is 10.4. The van der Waals surface area contributed by atoms with E-state index in [2.05, 4.69) is 5.10 Å². The van der Waals surface area contributed by atoms with Crippen LogP contribution in [0, 0.1) is 13.8 Å². The molecule has 0 aromatic carbocycles. The van der Waals surface area contributed by atoms with E-state index in [1.54, 1.807) is 19.1 Å². The summed E-state index contributed by atoms with van der Waals surface area (Å²) in [6, 6.07) is 1.90. The third-order valence-electron chi connectivity index (χ3n) is 4.58. The Balaban J connectivity index is 1.81. The van der Waals surface area contributed by atoms with Gasteiger partial charge in [-0.15, -0.1) is 0 Å². The Morgan fingerprint density at radius 1 is 1.50 bits per heavy atom. The van der Waals surface area contributed by atoms with E-state index < -0.39 is 6.10 Å². The highest BCUT2D eigenvalue weighted by atomic mass is 16.5. The molecule has 0 radical (unpaired) electrons. The molecular formula is C16H27N3O3. The smallest absolute Gasteiger partial charge is 0.222 e. The van der Waals surface area contributed by atoms with Crippen LogP contribution in [0.3, 0.4) is 0 Å². The lowest BCUT2D eigenvalue weighted by Crippen LogP contribution is -2.44. The van der Waals surface area contributed by atoms with E-state index in [1.165, 1.54) is 0 Å². The predicted octanol–water partition coefficient (Wildman–Crippen LogP) is 1.28. The van der Waals surface area contributed by atoms with Crippen LogP contribution in [0.5, 0.6) is 0 Å². The minimum Gasteiger partial charge on any atom is -0.388 e. The molecule has 0 unspecified atom stereocenters. The second kappa shape index (κ2) is 7.24. The summed E-state index contributed by atoms with van der Waals surface area (Å²) in [7, 11) is 3.38. The molecule has 1 heterocycles. The number of aromatic nitrogens is 2. The largest absolute Gasteiger partial charge is 0.388 e. The van der Waals surface area contributed by atoms with Gasteiger partial charge < -0.3 is 14.7 Å². The number of aliphatic hydroxyl groups is 1. The second-order valence-corrected chi connectivity index (χ2v) is 6.17. The van der Waals surface area contributed by atoms with Crippen LogP contribution in [0.1, 0.15) is 37.1 Å². The molecule has 1 N–H and O–H groups in total. The van der Waals surface area contributed by atoms with Crippen molar-refractivity contribution >= 4 is 5.91 Å². The Bertz CT molecular complexity index is 515. The highest BCUT2D eigenvalue weighted by molar-refractivity contribution is 5.76. The van der Waals surface area contributed by atoms with Crippen molar-refractivity contribution in [2.24, 2.45) is 0 Å². The first-order valence-corrected chi connectivity index (χ1v) is 7.91. The maximum Gasteiger partial charge on any atom is 0.222 e. The number of rotatable bonds is 6. The summed E-state index contributed by atoms with van der Waals surface area (Å²) in [6.07, 6.45) is 2.06. The molecule has 1 saturated carbocycles. The van der Waals surface area contributed by atoms with E-state index in [0.717, 1.165) is 37.2 Å². The van der Waals surface area contributed by atoms with Crippen LogP contribution in [0.25, 0.3) is 0 Å². The molecule has 1 aliphatic rings. The van der Waals surface area contributed by atoms with E-state index in [4.69, 9.17) is 4.74 Å². The lowest BCUT2D eigenvalue weighted by molar-refractivity contribution is -0.134. The average Bonchev–Trinajstić information content (AvgIpc) is 3.00. The van der Waals surface area contributed by atoms with Gasteiger partial charge in [0.25, 0.3) is 0 Å². The summed E-state index contributed by atoms with van der Waals surface area (Å²) < 4.78 is 7.18. The maximum atomic E-state index is 12.3. The summed E-state index contributed by atoms with van der Waals surface area (Å²) in [5, 5.41) is 14.6. The third-order valence-corrected chi connectivity index (χ3v) is 4.58. The number of aliphatic hydroxyl groups excluding tert-OH is 1. The molecule has 6 heteroatoms. The lowest BCUT2D eigenvalue weighted by atomic mass is 10.1. The molecule has 124 valence electrons. The highest BCUT2D eigenvalue weighted by Crippen LogP contribution is 2.26. The Labute approximate surface area is 132 Å². The zero-order chi connectivity index (χ0) is 16.3. The Hall–Kier alpha value is -1.40. The Morgan fingerprint density at radius 2 is 2.23 bits per heavy atom. The molecule has 1 aromatic heterocycles. The number of hydrogen-bond donors (Lipinski definition) is 1. The van der Waals surface area contributed by atoms with E-state index >= 15 is 0 Å². The van der Waals surface area contributed by atoms with Crippen LogP contribution in [0.4, 0.5) is 0 Å². The number of methoxy groups -OCH3 is 1. The highest BCUT2D eigenvalue weighted by Gasteiger charge is 2.38. The number of carbonyl (C=O) groups is 1. The summed E-state index contributed by atoms with van der Waals surface area (Å²) in [5.74, 6) is 0.0716. The number of aryl methyl sites for hydroxylation is 3. The van der Waals surface area contributed by atoms with E-state index in [1.807, 2.05) is 24.6 Å². The fourth-order valence-electron chi connectivity index (χ4n) is 3.25. The number of carbonyl (C=O) groups excluding carboxylic acids is 1. The summed E-state index contributed by atoms with van der Waals surface area (Å²) in [6.45, 7) is 4.73. The number of nitrogens with zero attached hydrogens (tertiary/aromatic N) is 3. The zero-order valence-electron chi connectivity index (χ0n) is 14.0. The predicted molar refractivity (Wildman–Crippen MR) is 83.5 cm³/mol. The van der Waals surface area contributed by atoms with Gasteiger partial charge in [0.1, 0.15) is 6.10 Å². The van der Waals surface area contributed by atoms with Gasteiger partial charge in [0, 0.05) is 32.8 Å². The summed E-state index contributed by atoms with van der Waals surface area (Å²) in [4.78, 5) is 14.0. The summed E-state index contributed by atoms with van der Waals surface area (Å²) >= 11 is 0. The summed E-state index contributed by atoms with van der Waals surface area (Å²) in [5.41, 5.74) is 2.12. The van der Waals surface area contributed by atoms with Crippen LogP contribution in [-0.4, -0.2) is 58.1 Å². The van der Waals surface area contributed by atoms with Gasteiger partial charge in [-0.2, -0.15) is 5.10 Å². The molecule has 1 aliphatic carbocycles. The number of ether oxygens (including phenoxy) is 1. The second-order valence-electron chi connectivity index (χ2n) is 6.17. The van der Waals surface area contributed by atoms with Gasteiger partial charge in [-0.3, -0.25) is 9.48 Å². The minimum atomic E-state index is -0.588. The molecule has 1 amide bonds. The zero-order valence-corrected chi connectivity index (χ0v) is 14.0. The molecular weight excluding hydrogens is 282 g/mol. The van der Waals surface area contributed by atoms with Gasteiger partial charge in [-0.1, -0.05) is 0 Å². The molecule has 0 aliphatic heterocycles. The molecule has 0 bridgehead atoms. The molecule has 1 fully saturated rings. The van der Waals surface area contributed by atoms with Crippen molar-refractivity contribution in [1.29, 1.82) is 0 Å². The number of likely N-dealkylation sites (N-methyl/N-ethyl adjacent to an activating group) is 1. The molecule has 0 saturated heterocycles. The first-order valence-electron chi connectivity index (χ1n) is 7.91. The number of hydrogen-bond acceptors (Lipinski definition) is 4. The van der Waals surface area contributed by atoms with Crippen LogP contribution in [0.2, 0.25) is 0 Å². The van der Waals surface area contributed by atoms with E-state index in [9.17, 15) is 9.90 Å². The van der Waals surface area contributed by atoms with Crippen molar-refractivity contribution in [3.63, 3.8) is 0 Å². The van der Waals surface area contributed by atoms with Gasteiger partial charge >= 0.3 is 0 Å². The third kappa shape index (κ3) is 3.67. The topological polar surface area (TPSA) is 67.6 Å². The van der Waals surface area contributed by atoms with Crippen molar-refractivity contribution in [2.75, 3.05) is 14.2 Å².